The molecule has 2 aromatic rings. The van der Waals surface area contributed by atoms with E-state index in [0.29, 0.717) is 21.4 Å². The Hall–Kier alpha value is -1.76. The van der Waals surface area contributed by atoms with Gasteiger partial charge in [-0.05, 0) is 31.2 Å². The van der Waals surface area contributed by atoms with E-state index in [0.717, 1.165) is 12.3 Å². The first kappa shape index (κ1) is 13.7. The Morgan fingerprint density at radius 3 is 2.32 bits per heavy atom. The lowest BCUT2D eigenvalue weighted by Crippen LogP contribution is -2.05. The first-order valence-corrected chi connectivity index (χ1v) is 6.12. The van der Waals surface area contributed by atoms with Crippen LogP contribution in [0.4, 0.5) is 18.9 Å². The number of aromatic nitrogens is 2. The van der Waals surface area contributed by atoms with Crippen molar-refractivity contribution in [3.8, 4) is 0 Å². The van der Waals surface area contributed by atoms with Gasteiger partial charge in [0.15, 0.2) is 0 Å². The fraction of sp³-hybridized carbons (Fsp3) is 0.167. The molecule has 2 N–H and O–H groups in total. The monoisotopic (exact) mass is 285 g/mol. The number of pyridine rings is 2. The molecule has 100 valence electrons. The molecule has 19 heavy (non-hydrogen) atoms. The predicted octanol–water partition coefficient (Wildman–Crippen LogP) is 3.54. The third kappa shape index (κ3) is 3.37. The maximum Gasteiger partial charge on any atom is 0.417 e. The number of anilines is 1. The van der Waals surface area contributed by atoms with Crippen LogP contribution in [-0.4, -0.2) is 9.97 Å². The Balaban J connectivity index is 2.17. The van der Waals surface area contributed by atoms with E-state index in [1.165, 1.54) is 17.8 Å². The molecule has 3 nitrogen and oxygen atoms in total. The highest BCUT2D eigenvalue weighted by atomic mass is 32.2. The third-order valence-electron chi connectivity index (χ3n) is 2.37. The van der Waals surface area contributed by atoms with Gasteiger partial charge in [0.05, 0.1) is 16.9 Å². The van der Waals surface area contributed by atoms with Gasteiger partial charge in [0.2, 0.25) is 0 Å². The molecule has 0 saturated carbocycles. The molecule has 2 heterocycles. The van der Waals surface area contributed by atoms with Crippen molar-refractivity contribution in [2.24, 2.45) is 0 Å². The smallest absolute Gasteiger partial charge is 0.397 e. The summed E-state index contributed by atoms with van der Waals surface area (Å²) in [7, 11) is 0. The van der Waals surface area contributed by atoms with Crippen LogP contribution in [0.5, 0.6) is 0 Å². The fourth-order valence-corrected chi connectivity index (χ4v) is 2.10. The van der Waals surface area contributed by atoms with Crippen LogP contribution in [0.3, 0.4) is 0 Å². The summed E-state index contributed by atoms with van der Waals surface area (Å²) in [6, 6.07) is 5.72. The number of hydrogen-bond acceptors (Lipinski definition) is 4. The van der Waals surface area contributed by atoms with E-state index < -0.39 is 11.7 Å². The minimum absolute atomic E-state index is 0.449. The highest BCUT2D eigenvalue weighted by Gasteiger charge is 2.30. The normalized spacial score (nSPS) is 11.6. The number of nitrogen functional groups attached to an aromatic ring is 1. The summed E-state index contributed by atoms with van der Waals surface area (Å²) in [6.07, 6.45) is -3.56. The number of nitrogens with zero attached hydrogens (tertiary/aromatic N) is 2. The number of halogens is 3. The van der Waals surface area contributed by atoms with Crippen molar-refractivity contribution in [2.45, 2.75) is 23.2 Å². The fourth-order valence-electron chi connectivity index (χ4n) is 1.32. The van der Waals surface area contributed by atoms with Crippen LogP contribution in [0.15, 0.2) is 40.5 Å². The van der Waals surface area contributed by atoms with Gasteiger partial charge in [0, 0.05) is 6.20 Å². The molecule has 0 spiro atoms. The number of rotatable bonds is 2. The zero-order valence-corrected chi connectivity index (χ0v) is 10.7. The summed E-state index contributed by atoms with van der Waals surface area (Å²) in [6.45, 7) is 1.76. The molecule has 0 amide bonds. The largest absolute Gasteiger partial charge is 0.417 e. The Labute approximate surface area is 112 Å². The summed E-state index contributed by atoms with van der Waals surface area (Å²) >= 11 is 1.18. The molecule has 2 rings (SSSR count). The summed E-state index contributed by atoms with van der Waals surface area (Å²) < 4.78 is 37.1. The van der Waals surface area contributed by atoms with Crippen molar-refractivity contribution in [1.29, 1.82) is 0 Å². The number of aryl methyl sites for hydroxylation is 1. The third-order valence-corrected chi connectivity index (χ3v) is 3.26. The molecule has 0 aliphatic rings. The first-order valence-electron chi connectivity index (χ1n) is 5.30. The summed E-state index contributed by atoms with van der Waals surface area (Å²) in [5.74, 6) is 0. The molecular formula is C12H10F3N3S. The Morgan fingerprint density at radius 2 is 1.79 bits per heavy atom. The summed E-state index contributed by atoms with van der Waals surface area (Å²) in [5.41, 5.74) is 6.12. The second-order valence-electron chi connectivity index (χ2n) is 3.81. The topological polar surface area (TPSA) is 51.8 Å². The molecule has 0 radical (unpaired) electrons. The quantitative estimate of drug-likeness (QED) is 0.917. The van der Waals surface area contributed by atoms with Crippen LogP contribution >= 0.6 is 11.8 Å². The van der Waals surface area contributed by atoms with Crippen LogP contribution < -0.4 is 5.73 Å². The van der Waals surface area contributed by atoms with Gasteiger partial charge < -0.3 is 5.73 Å². The van der Waals surface area contributed by atoms with Crippen molar-refractivity contribution in [3.05, 3.63) is 41.7 Å². The minimum Gasteiger partial charge on any atom is -0.397 e. The Morgan fingerprint density at radius 1 is 1.11 bits per heavy atom. The zero-order valence-electron chi connectivity index (χ0n) is 9.90. The van der Waals surface area contributed by atoms with E-state index in [-0.39, 0.29) is 0 Å². The Bertz CT molecular complexity index is 582. The van der Waals surface area contributed by atoms with Crippen LogP contribution in [0.25, 0.3) is 0 Å². The van der Waals surface area contributed by atoms with Crippen molar-refractivity contribution in [2.75, 3.05) is 5.73 Å². The molecule has 2 aromatic heterocycles. The van der Waals surface area contributed by atoms with E-state index in [4.69, 9.17) is 5.73 Å². The molecule has 0 bridgehead atoms. The maximum absolute atomic E-state index is 12.4. The lowest BCUT2D eigenvalue weighted by molar-refractivity contribution is -0.137. The molecule has 0 atom stereocenters. The van der Waals surface area contributed by atoms with E-state index in [9.17, 15) is 13.2 Å². The first-order chi connectivity index (χ1) is 8.86. The highest BCUT2D eigenvalue weighted by molar-refractivity contribution is 7.99. The van der Waals surface area contributed by atoms with Crippen molar-refractivity contribution >= 4 is 17.4 Å². The SMILES string of the molecule is Cc1nc(Sc2ccc(C(F)(F)F)cn2)ccc1N. The minimum atomic E-state index is -4.37. The average Bonchev–Trinajstić information content (AvgIpc) is 2.33. The molecule has 0 unspecified atom stereocenters. The maximum atomic E-state index is 12.4. The van der Waals surface area contributed by atoms with Gasteiger partial charge in [0.25, 0.3) is 0 Å². The molecule has 7 heteroatoms. The zero-order chi connectivity index (χ0) is 14.0. The van der Waals surface area contributed by atoms with Crippen molar-refractivity contribution in [1.82, 2.24) is 9.97 Å². The highest BCUT2D eigenvalue weighted by Crippen LogP contribution is 2.31. The second-order valence-corrected chi connectivity index (χ2v) is 4.85. The molecular weight excluding hydrogens is 275 g/mol. The van der Waals surface area contributed by atoms with Crippen molar-refractivity contribution < 1.29 is 13.2 Å². The van der Waals surface area contributed by atoms with Gasteiger partial charge in [-0.2, -0.15) is 13.2 Å². The van der Waals surface area contributed by atoms with Crippen LogP contribution in [-0.2, 0) is 6.18 Å². The van der Waals surface area contributed by atoms with Crippen molar-refractivity contribution in [3.63, 3.8) is 0 Å². The van der Waals surface area contributed by atoms with Gasteiger partial charge in [-0.3, -0.25) is 0 Å². The van der Waals surface area contributed by atoms with E-state index in [2.05, 4.69) is 9.97 Å². The van der Waals surface area contributed by atoms with Crippen LogP contribution in [0.1, 0.15) is 11.3 Å². The van der Waals surface area contributed by atoms with Gasteiger partial charge in [-0.25, -0.2) is 9.97 Å². The summed E-state index contributed by atoms with van der Waals surface area (Å²) in [5, 5.41) is 1.09. The van der Waals surface area contributed by atoms with E-state index in [1.54, 1.807) is 19.1 Å². The van der Waals surface area contributed by atoms with Gasteiger partial charge in [-0.1, -0.05) is 11.8 Å². The molecule has 0 saturated heterocycles. The molecule has 0 aliphatic carbocycles. The van der Waals surface area contributed by atoms with E-state index in [1.807, 2.05) is 0 Å². The van der Waals surface area contributed by atoms with Crippen LogP contribution in [0.2, 0.25) is 0 Å². The molecule has 0 aromatic carbocycles. The van der Waals surface area contributed by atoms with Gasteiger partial charge in [0.1, 0.15) is 10.1 Å². The van der Waals surface area contributed by atoms with E-state index >= 15 is 0 Å². The molecule has 0 fully saturated rings. The standard InChI is InChI=1S/C12H10F3N3S/c1-7-9(16)3-5-11(18-7)19-10-4-2-8(6-17-10)12(13,14)15/h2-6H,16H2,1H3. The average molecular weight is 285 g/mol. The van der Waals surface area contributed by atoms with Gasteiger partial charge >= 0.3 is 6.18 Å². The molecule has 0 aliphatic heterocycles. The Kier molecular flexibility index (Phi) is 3.66. The number of alkyl halides is 3. The van der Waals surface area contributed by atoms with Crippen LogP contribution in [0, 0.1) is 6.92 Å². The predicted molar refractivity (Wildman–Crippen MR) is 66.7 cm³/mol. The lowest BCUT2D eigenvalue weighted by atomic mass is 10.3. The number of hydrogen-bond donors (Lipinski definition) is 1. The number of nitrogens with two attached hydrogens (primary N) is 1. The summed E-state index contributed by atoms with van der Waals surface area (Å²) in [4.78, 5) is 7.98. The van der Waals surface area contributed by atoms with Gasteiger partial charge in [-0.15, -0.1) is 0 Å². The lowest BCUT2D eigenvalue weighted by Gasteiger charge is -2.07. The second kappa shape index (κ2) is 5.08.